The third-order valence-corrected chi connectivity index (χ3v) is 8.56. The molecular weight excluding hydrogens is 508 g/mol. The number of hydrogen-bond acceptors (Lipinski definition) is 6. The van der Waals surface area contributed by atoms with Gasteiger partial charge in [0, 0.05) is 12.0 Å². The first-order valence-electron chi connectivity index (χ1n) is 13.2. The summed E-state index contributed by atoms with van der Waals surface area (Å²) < 4.78 is 6.76. The minimum Gasteiger partial charge on any atom is -0.507 e. The molecule has 7 heteroatoms. The van der Waals surface area contributed by atoms with Gasteiger partial charge in [0.05, 0.1) is 21.8 Å². The van der Waals surface area contributed by atoms with Gasteiger partial charge < -0.3 is 9.84 Å². The Morgan fingerprint density at radius 3 is 2.54 bits per heavy atom. The molecule has 6 rings (SSSR count). The third kappa shape index (κ3) is 4.21. The summed E-state index contributed by atoms with van der Waals surface area (Å²) in [5.74, 6) is -0.495. The van der Waals surface area contributed by atoms with Crippen molar-refractivity contribution in [2.24, 2.45) is 0 Å². The maximum atomic E-state index is 13.6. The van der Waals surface area contributed by atoms with Gasteiger partial charge in [-0.3, -0.25) is 14.5 Å². The number of amides is 1. The molecule has 39 heavy (non-hydrogen) atoms. The van der Waals surface area contributed by atoms with Gasteiger partial charge in [-0.1, -0.05) is 55.5 Å². The molecule has 2 aliphatic heterocycles. The predicted molar refractivity (Wildman–Crippen MR) is 155 cm³/mol. The lowest BCUT2D eigenvalue weighted by atomic mass is 9.93. The average molecular weight is 539 g/mol. The highest BCUT2D eigenvalue weighted by Crippen LogP contribution is 2.45. The summed E-state index contributed by atoms with van der Waals surface area (Å²) in [6.45, 7) is 10.2. The highest BCUT2D eigenvalue weighted by Gasteiger charge is 2.48. The molecule has 1 saturated heterocycles. The second-order valence-corrected chi connectivity index (χ2v) is 11.9. The van der Waals surface area contributed by atoms with Crippen LogP contribution in [0.5, 0.6) is 5.75 Å². The first kappa shape index (κ1) is 25.3. The van der Waals surface area contributed by atoms with E-state index in [0.717, 1.165) is 50.2 Å². The number of fused-ring (bicyclic) bond motifs is 2. The van der Waals surface area contributed by atoms with E-state index in [1.807, 2.05) is 63.2 Å². The molecule has 2 aliphatic rings. The Morgan fingerprint density at radius 1 is 1.08 bits per heavy atom. The molecule has 198 valence electrons. The largest absolute Gasteiger partial charge is 0.507 e. The lowest BCUT2D eigenvalue weighted by Crippen LogP contribution is -2.29. The Morgan fingerprint density at radius 2 is 1.82 bits per heavy atom. The molecule has 2 atom stereocenters. The molecular formula is C32H30N2O4S. The minimum atomic E-state index is -0.809. The van der Waals surface area contributed by atoms with Gasteiger partial charge in [0.2, 0.25) is 0 Å². The van der Waals surface area contributed by atoms with Crippen molar-refractivity contribution in [3.63, 3.8) is 0 Å². The van der Waals surface area contributed by atoms with Crippen molar-refractivity contribution < 1.29 is 19.4 Å². The van der Waals surface area contributed by atoms with Gasteiger partial charge in [-0.25, -0.2) is 4.98 Å². The van der Waals surface area contributed by atoms with Crippen LogP contribution in [0, 0.1) is 13.8 Å². The number of aromatic nitrogens is 1. The Bertz CT molecular complexity index is 1680. The van der Waals surface area contributed by atoms with Crippen LogP contribution in [0.2, 0.25) is 0 Å². The van der Waals surface area contributed by atoms with Crippen LogP contribution in [0.15, 0.2) is 60.2 Å². The summed E-state index contributed by atoms with van der Waals surface area (Å²) in [5, 5.41) is 12.0. The van der Waals surface area contributed by atoms with Gasteiger partial charge in [-0.05, 0) is 78.8 Å². The quantitative estimate of drug-likeness (QED) is 0.172. The fraction of sp³-hybridized carbons (Fsp3) is 0.281. The minimum absolute atomic E-state index is 0.0496. The Kier molecular flexibility index (Phi) is 6.07. The number of thiazole rings is 1. The zero-order valence-corrected chi connectivity index (χ0v) is 23.4. The number of aliphatic hydroxyl groups is 1. The molecule has 4 aromatic rings. The first-order valence-corrected chi connectivity index (χ1v) is 14.0. The second kappa shape index (κ2) is 9.35. The summed E-state index contributed by atoms with van der Waals surface area (Å²) in [6, 6.07) is 16.6. The van der Waals surface area contributed by atoms with Gasteiger partial charge in [-0.15, -0.1) is 0 Å². The van der Waals surface area contributed by atoms with Gasteiger partial charge in [0.25, 0.3) is 5.78 Å². The molecule has 1 amide bonds. The van der Waals surface area contributed by atoms with Crippen molar-refractivity contribution in [2.75, 3.05) is 4.90 Å². The summed E-state index contributed by atoms with van der Waals surface area (Å²) in [5.41, 5.74) is 6.34. The zero-order chi connectivity index (χ0) is 27.6. The average Bonchev–Trinajstić information content (AvgIpc) is 3.56. The van der Waals surface area contributed by atoms with E-state index >= 15 is 0 Å². The number of carbonyl (C=O) groups is 2. The fourth-order valence-corrected chi connectivity index (χ4v) is 6.76. The molecule has 3 aromatic carbocycles. The maximum absolute atomic E-state index is 13.6. The van der Waals surface area contributed by atoms with Crippen LogP contribution in [-0.2, 0) is 16.0 Å². The molecule has 0 saturated carbocycles. The SMILES string of the molecule is Cc1cc(C)c2nc(N3C(=O)C(=O)/C(=C(/O)c4ccc5c(c4)CC(C)O5)C3c3ccc(C(C)C)cc3)sc2c1. The van der Waals surface area contributed by atoms with Crippen LogP contribution in [0.4, 0.5) is 5.13 Å². The molecule has 2 unspecified atom stereocenters. The number of benzene rings is 3. The van der Waals surface area contributed by atoms with E-state index in [9.17, 15) is 14.7 Å². The number of ether oxygens (including phenoxy) is 1. The summed E-state index contributed by atoms with van der Waals surface area (Å²) in [7, 11) is 0. The number of carbonyl (C=O) groups excluding carboxylic acids is 2. The molecule has 0 aliphatic carbocycles. The summed E-state index contributed by atoms with van der Waals surface area (Å²) >= 11 is 1.38. The van der Waals surface area contributed by atoms with E-state index in [1.165, 1.54) is 16.2 Å². The van der Waals surface area contributed by atoms with Crippen LogP contribution in [0.25, 0.3) is 16.0 Å². The number of anilines is 1. The molecule has 0 radical (unpaired) electrons. The molecule has 0 spiro atoms. The van der Waals surface area contributed by atoms with Crippen LogP contribution in [-0.4, -0.2) is 27.9 Å². The van der Waals surface area contributed by atoms with Gasteiger partial charge in [0.15, 0.2) is 5.13 Å². The number of aryl methyl sites for hydroxylation is 2. The number of Topliss-reactive ketones (excluding diaryl/α,β-unsaturated/α-hetero) is 1. The normalized spacial score (nSPS) is 20.2. The summed E-state index contributed by atoms with van der Waals surface area (Å²) in [6.07, 6.45) is 0.767. The molecule has 0 bridgehead atoms. The van der Waals surface area contributed by atoms with E-state index < -0.39 is 17.7 Å². The monoisotopic (exact) mass is 538 g/mol. The van der Waals surface area contributed by atoms with Crippen molar-refractivity contribution in [1.29, 1.82) is 0 Å². The highest BCUT2D eigenvalue weighted by molar-refractivity contribution is 7.22. The van der Waals surface area contributed by atoms with Crippen molar-refractivity contribution in [3.05, 3.63) is 93.6 Å². The zero-order valence-electron chi connectivity index (χ0n) is 22.6. The topological polar surface area (TPSA) is 79.7 Å². The number of nitrogens with zero attached hydrogens (tertiary/aromatic N) is 2. The van der Waals surface area contributed by atoms with E-state index in [4.69, 9.17) is 9.72 Å². The fourth-order valence-electron chi connectivity index (χ4n) is 5.60. The van der Waals surface area contributed by atoms with Crippen LogP contribution < -0.4 is 9.64 Å². The van der Waals surface area contributed by atoms with Gasteiger partial charge in [0.1, 0.15) is 17.6 Å². The standard InChI is InChI=1S/C32H30N2O4S/c1-16(2)20-6-8-21(9-7-20)28-26(29(35)22-10-11-24-23(15-22)14-19(5)38-24)30(36)31(37)34(28)32-33-27-18(4)12-17(3)13-25(27)39-32/h6-13,15-16,19,28,35H,14H2,1-5H3/b29-26+. The maximum Gasteiger partial charge on any atom is 0.301 e. The Labute approximate surface area is 231 Å². The Hall–Kier alpha value is -3.97. The predicted octanol–water partition coefficient (Wildman–Crippen LogP) is 6.99. The summed E-state index contributed by atoms with van der Waals surface area (Å²) in [4.78, 5) is 33.5. The number of aliphatic hydroxyl groups excluding tert-OH is 1. The highest BCUT2D eigenvalue weighted by atomic mass is 32.1. The molecule has 1 N–H and O–H groups in total. The molecule has 6 nitrogen and oxygen atoms in total. The van der Waals surface area contributed by atoms with E-state index in [2.05, 4.69) is 19.9 Å². The lowest BCUT2D eigenvalue weighted by Gasteiger charge is -2.23. The molecule has 1 aromatic heterocycles. The first-order chi connectivity index (χ1) is 18.6. The van der Waals surface area contributed by atoms with Crippen molar-refractivity contribution in [2.45, 2.75) is 59.1 Å². The lowest BCUT2D eigenvalue weighted by molar-refractivity contribution is -0.132. The van der Waals surface area contributed by atoms with Crippen LogP contribution in [0.1, 0.15) is 66.1 Å². The van der Waals surface area contributed by atoms with Crippen LogP contribution in [0.3, 0.4) is 0 Å². The number of rotatable bonds is 4. The molecule has 3 heterocycles. The van der Waals surface area contributed by atoms with E-state index in [0.29, 0.717) is 16.6 Å². The number of ketones is 1. The van der Waals surface area contributed by atoms with Crippen LogP contribution >= 0.6 is 11.3 Å². The van der Waals surface area contributed by atoms with Crippen molar-refractivity contribution in [1.82, 2.24) is 4.98 Å². The third-order valence-electron chi connectivity index (χ3n) is 7.56. The number of hydrogen-bond donors (Lipinski definition) is 1. The second-order valence-electron chi connectivity index (χ2n) is 10.9. The Balaban J connectivity index is 1.54. The van der Waals surface area contributed by atoms with Crippen molar-refractivity contribution in [3.8, 4) is 5.75 Å². The van der Waals surface area contributed by atoms with Gasteiger partial charge >= 0.3 is 5.91 Å². The van der Waals surface area contributed by atoms with E-state index in [-0.39, 0.29) is 17.4 Å². The smallest absolute Gasteiger partial charge is 0.301 e. The van der Waals surface area contributed by atoms with E-state index in [1.54, 1.807) is 6.07 Å². The van der Waals surface area contributed by atoms with Crippen molar-refractivity contribution >= 4 is 44.1 Å². The molecule has 1 fully saturated rings. The van der Waals surface area contributed by atoms with Gasteiger partial charge in [-0.2, -0.15) is 0 Å².